The van der Waals surface area contributed by atoms with Gasteiger partial charge in [-0.15, -0.1) is 11.3 Å². The molecule has 0 spiro atoms. The Labute approximate surface area is 111 Å². The number of hydrogen-bond acceptors (Lipinski definition) is 3. The van der Waals surface area contributed by atoms with Gasteiger partial charge in [0.2, 0.25) is 0 Å². The lowest BCUT2D eigenvalue weighted by Gasteiger charge is -2.26. The molecule has 1 N–H and O–H groups in total. The Balaban J connectivity index is 2.24. The first-order valence-corrected chi connectivity index (χ1v) is 7.52. The van der Waals surface area contributed by atoms with Crippen molar-refractivity contribution in [2.75, 3.05) is 19.6 Å². The topological polar surface area (TPSA) is 15.3 Å². The van der Waals surface area contributed by atoms with Crippen molar-refractivity contribution >= 4 is 27.3 Å². The fourth-order valence-electron chi connectivity index (χ4n) is 1.84. The second kappa shape index (κ2) is 7.43. The summed E-state index contributed by atoms with van der Waals surface area (Å²) < 4.78 is 1.21. The smallest absolute Gasteiger partial charge is 0.0701 e. The van der Waals surface area contributed by atoms with Crippen molar-refractivity contribution < 1.29 is 0 Å². The first kappa shape index (κ1) is 14.2. The Morgan fingerprint density at radius 3 is 2.62 bits per heavy atom. The molecular weight excluding hydrogens is 284 g/mol. The van der Waals surface area contributed by atoms with Crippen LogP contribution in [0.3, 0.4) is 0 Å². The van der Waals surface area contributed by atoms with E-state index < -0.39 is 0 Å². The molecule has 0 radical (unpaired) electrons. The number of nitrogens with one attached hydrogen (secondary N) is 1. The Hall–Kier alpha value is 0.100. The lowest BCUT2D eigenvalue weighted by molar-refractivity contribution is 0.225. The third kappa shape index (κ3) is 4.53. The molecule has 4 heteroatoms. The SMILES string of the molecule is CCN(CC)C(C)CNCc1csc(Br)c1. The third-order valence-corrected chi connectivity index (χ3v) is 4.38. The fourth-order valence-corrected chi connectivity index (χ4v) is 3.05. The molecule has 0 aliphatic carbocycles. The number of hydrogen-bond donors (Lipinski definition) is 1. The number of thiophene rings is 1. The van der Waals surface area contributed by atoms with Gasteiger partial charge < -0.3 is 5.32 Å². The minimum absolute atomic E-state index is 0.608. The van der Waals surface area contributed by atoms with E-state index in [9.17, 15) is 0 Å². The molecule has 0 fully saturated rings. The first-order chi connectivity index (χ1) is 7.67. The predicted molar refractivity (Wildman–Crippen MR) is 76.1 cm³/mol. The molecule has 1 rings (SSSR count). The van der Waals surface area contributed by atoms with Crippen molar-refractivity contribution in [1.29, 1.82) is 0 Å². The van der Waals surface area contributed by atoms with Crippen LogP contribution in [0.4, 0.5) is 0 Å². The highest BCUT2D eigenvalue weighted by atomic mass is 79.9. The maximum absolute atomic E-state index is 3.51. The summed E-state index contributed by atoms with van der Waals surface area (Å²) in [5.41, 5.74) is 1.36. The largest absolute Gasteiger partial charge is 0.311 e. The van der Waals surface area contributed by atoms with Gasteiger partial charge in [-0.25, -0.2) is 0 Å². The van der Waals surface area contributed by atoms with Gasteiger partial charge in [0.05, 0.1) is 3.79 Å². The fraction of sp³-hybridized carbons (Fsp3) is 0.667. The summed E-state index contributed by atoms with van der Waals surface area (Å²) in [4.78, 5) is 2.47. The van der Waals surface area contributed by atoms with E-state index in [0.29, 0.717) is 6.04 Å². The van der Waals surface area contributed by atoms with E-state index in [0.717, 1.165) is 26.2 Å². The average molecular weight is 305 g/mol. The molecule has 92 valence electrons. The molecule has 1 aromatic rings. The van der Waals surface area contributed by atoms with Crippen molar-refractivity contribution in [3.05, 3.63) is 20.8 Å². The van der Waals surface area contributed by atoms with Gasteiger partial charge >= 0.3 is 0 Å². The number of halogens is 1. The van der Waals surface area contributed by atoms with Crippen LogP contribution >= 0.6 is 27.3 Å². The van der Waals surface area contributed by atoms with Gasteiger partial charge in [0.25, 0.3) is 0 Å². The Morgan fingerprint density at radius 2 is 2.12 bits per heavy atom. The zero-order valence-corrected chi connectivity index (χ0v) is 12.7. The van der Waals surface area contributed by atoms with Crippen LogP contribution in [0.2, 0.25) is 0 Å². The van der Waals surface area contributed by atoms with Gasteiger partial charge in [-0.2, -0.15) is 0 Å². The minimum Gasteiger partial charge on any atom is -0.311 e. The van der Waals surface area contributed by atoms with Gasteiger partial charge in [-0.3, -0.25) is 4.90 Å². The molecule has 1 aromatic heterocycles. The zero-order chi connectivity index (χ0) is 12.0. The van der Waals surface area contributed by atoms with Crippen molar-refractivity contribution in [1.82, 2.24) is 10.2 Å². The molecule has 0 aromatic carbocycles. The van der Waals surface area contributed by atoms with Crippen molar-refractivity contribution in [3.63, 3.8) is 0 Å². The molecule has 0 saturated carbocycles. The first-order valence-electron chi connectivity index (χ1n) is 5.85. The Kier molecular flexibility index (Phi) is 6.58. The minimum atomic E-state index is 0.608. The van der Waals surface area contributed by atoms with Crippen LogP contribution in [-0.4, -0.2) is 30.6 Å². The Morgan fingerprint density at radius 1 is 1.44 bits per heavy atom. The summed E-state index contributed by atoms with van der Waals surface area (Å²) in [5.74, 6) is 0. The predicted octanol–water partition coefficient (Wildman–Crippen LogP) is 3.33. The van der Waals surface area contributed by atoms with Crippen molar-refractivity contribution in [2.45, 2.75) is 33.4 Å². The zero-order valence-electron chi connectivity index (χ0n) is 10.3. The van der Waals surface area contributed by atoms with E-state index in [4.69, 9.17) is 0 Å². The van der Waals surface area contributed by atoms with Gasteiger partial charge in [0.1, 0.15) is 0 Å². The van der Waals surface area contributed by atoms with Crippen molar-refractivity contribution in [2.24, 2.45) is 0 Å². The van der Waals surface area contributed by atoms with Gasteiger partial charge in [0, 0.05) is 19.1 Å². The van der Waals surface area contributed by atoms with Crippen molar-refractivity contribution in [3.8, 4) is 0 Å². The Bertz CT molecular complexity index is 297. The number of rotatable bonds is 7. The summed E-state index contributed by atoms with van der Waals surface area (Å²) in [5, 5.41) is 5.70. The number of nitrogens with zero attached hydrogens (tertiary/aromatic N) is 1. The highest BCUT2D eigenvalue weighted by Crippen LogP contribution is 2.20. The molecule has 1 atom stereocenters. The molecule has 2 nitrogen and oxygen atoms in total. The molecular formula is C12H21BrN2S. The number of likely N-dealkylation sites (N-methyl/N-ethyl adjacent to an activating group) is 1. The van der Waals surface area contributed by atoms with E-state index >= 15 is 0 Å². The normalized spacial score (nSPS) is 13.3. The lowest BCUT2D eigenvalue weighted by atomic mass is 10.2. The molecule has 1 heterocycles. The maximum atomic E-state index is 3.51. The molecule has 0 aliphatic heterocycles. The summed E-state index contributed by atoms with van der Waals surface area (Å²) in [6.07, 6.45) is 0. The van der Waals surface area contributed by atoms with E-state index in [1.807, 2.05) is 0 Å². The maximum Gasteiger partial charge on any atom is 0.0701 e. The standard InChI is InChI=1S/C12H21BrN2S/c1-4-15(5-2)10(3)7-14-8-11-6-12(13)16-9-11/h6,9-10,14H,4-5,7-8H2,1-3H3. The molecule has 0 aliphatic rings. The molecule has 0 bridgehead atoms. The van der Waals surface area contributed by atoms with E-state index in [1.165, 1.54) is 9.35 Å². The molecule has 1 unspecified atom stereocenters. The van der Waals surface area contributed by atoms with Crippen LogP contribution in [0, 0.1) is 0 Å². The molecule has 0 saturated heterocycles. The van der Waals surface area contributed by atoms with E-state index in [-0.39, 0.29) is 0 Å². The van der Waals surface area contributed by atoms with Crippen LogP contribution < -0.4 is 5.32 Å². The van der Waals surface area contributed by atoms with E-state index in [2.05, 4.69) is 58.4 Å². The van der Waals surface area contributed by atoms with Gasteiger partial charge in [-0.05, 0) is 53.0 Å². The van der Waals surface area contributed by atoms with Crippen LogP contribution in [0.15, 0.2) is 15.2 Å². The summed E-state index contributed by atoms with van der Waals surface area (Å²) in [7, 11) is 0. The molecule has 16 heavy (non-hydrogen) atoms. The van der Waals surface area contributed by atoms with Crippen LogP contribution in [0.25, 0.3) is 0 Å². The van der Waals surface area contributed by atoms with Gasteiger partial charge in [-0.1, -0.05) is 13.8 Å². The van der Waals surface area contributed by atoms with E-state index in [1.54, 1.807) is 11.3 Å². The average Bonchev–Trinajstić information content (AvgIpc) is 2.66. The third-order valence-electron chi connectivity index (χ3n) is 2.83. The van der Waals surface area contributed by atoms with Crippen LogP contribution in [-0.2, 0) is 6.54 Å². The van der Waals surface area contributed by atoms with Crippen LogP contribution in [0.5, 0.6) is 0 Å². The quantitative estimate of drug-likeness (QED) is 0.831. The lowest BCUT2D eigenvalue weighted by Crippen LogP contribution is -2.39. The highest BCUT2D eigenvalue weighted by Gasteiger charge is 2.08. The second-order valence-corrected chi connectivity index (χ2v) is 6.25. The summed E-state index contributed by atoms with van der Waals surface area (Å²) >= 11 is 5.23. The monoisotopic (exact) mass is 304 g/mol. The molecule has 0 amide bonds. The summed E-state index contributed by atoms with van der Waals surface area (Å²) in [6.45, 7) is 11.0. The highest BCUT2D eigenvalue weighted by molar-refractivity contribution is 9.11. The second-order valence-electron chi connectivity index (χ2n) is 3.96. The summed E-state index contributed by atoms with van der Waals surface area (Å²) in [6, 6.07) is 2.79. The van der Waals surface area contributed by atoms with Gasteiger partial charge in [0.15, 0.2) is 0 Å². The van der Waals surface area contributed by atoms with Crippen LogP contribution in [0.1, 0.15) is 26.3 Å².